The molecule has 1 aliphatic heterocycles. The summed E-state index contributed by atoms with van der Waals surface area (Å²) in [7, 11) is 0.0906. The molecule has 2 aromatic carbocycles. The summed E-state index contributed by atoms with van der Waals surface area (Å²) in [5.41, 5.74) is 0.795. The van der Waals surface area contributed by atoms with Crippen molar-refractivity contribution < 1.29 is 17.6 Å². The van der Waals surface area contributed by atoms with Gasteiger partial charge in [0.25, 0.3) is 15.9 Å². The number of nitrogens with one attached hydrogen (secondary N) is 1. The Hall–Kier alpha value is -2.16. The molecule has 29 heavy (non-hydrogen) atoms. The van der Waals surface area contributed by atoms with Crippen LogP contribution in [0.3, 0.4) is 0 Å². The number of hydrogen-bond donors (Lipinski definition) is 1. The van der Waals surface area contributed by atoms with Crippen LogP contribution in [0.5, 0.6) is 0 Å². The van der Waals surface area contributed by atoms with Crippen molar-refractivity contribution in [2.75, 3.05) is 31.9 Å². The van der Waals surface area contributed by atoms with E-state index in [4.69, 9.17) is 11.6 Å². The van der Waals surface area contributed by atoms with Crippen LogP contribution in [0, 0.1) is 5.82 Å². The molecule has 0 saturated carbocycles. The summed E-state index contributed by atoms with van der Waals surface area (Å²) in [4.78, 5) is 16.6. The van der Waals surface area contributed by atoms with Gasteiger partial charge in [-0.25, -0.2) is 12.8 Å². The Morgan fingerprint density at radius 1 is 1.21 bits per heavy atom. The molecule has 0 radical (unpaired) electrons. The molecule has 1 fully saturated rings. The lowest BCUT2D eigenvalue weighted by atomic mass is 10.0. The van der Waals surface area contributed by atoms with Crippen LogP contribution < -0.4 is 4.72 Å². The van der Waals surface area contributed by atoms with Crippen molar-refractivity contribution in [3.8, 4) is 0 Å². The van der Waals surface area contributed by atoms with Gasteiger partial charge in [-0.2, -0.15) is 0 Å². The molecular formula is C20H23ClFN3O3S. The smallest absolute Gasteiger partial charge is 0.261 e. The summed E-state index contributed by atoms with van der Waals surface area (Å²) < 4.78 is 40.6. The van der Waals surface area contributed by atoms with Crippen molar-refractivity contribution in [3.05, 3.63) is 58.9 Å². The van der Waals surface area contributed by atoms with E-state index < -0.39 is 15.8 Å². The number of piperidine rings is 1. The van der Waals surface area contributed by atoms with E-state index in [2.05, 4.69) is 9.62 Å². The van der Waals surface area contributed by atoms with E-state index in [9.17, 15) is 17.6 Å². The highest BCUT2D eigenvalue weighted by molar-refractivity contribution is 7.92. The minimum atomic E-state index is -3.92. The van der Waals surface area contributed by atoms with Gasteiger partial charge in [0.15, 0.2) is 0 Å². The van der Waals surface area contributed by atoms with Gasteiger partial charge in [0, 0.05) is 30.4 Å². The largest absolute Gasteiger partial charge is 0.337 e. The van der Waals surface area contributed by atoms with Crippen LogP contribution in [-0.4, -0.2) is 57.4 Å². The van der Waals surface area contributed by atoms with E-state index in [-0.39, 0.29) is 15.8 Å². The first-order chi connectivity index (χ1) is 13.7. The number of carbonyl (C=O) groups is 1. The summed E-state index contributed by atoms with van der Waals surface area (Å²) in [5.74, 6) is -0.765. The molecule has 1 aliphatic rings. The lowest BCUT2D eigenvalue weighted by Gasteiger charge is -2.36. The number of rotatable bonds is 5. The third-order valence-corrected chi connectivity index (χ3v) is 6.67. The number of likely N-dealkylation sites (N-methyl/N-ethyl adjacent to an activating group) is 1. The summed E-state index contributed by atoms with van der Waals surface area (Å²) in [6.07, 6.45) is 2.01. The van der Waals surface area contributed by atoms with Crippen LogP contribution in [0.4, 0.5) is 10.1 Å². The number of halogens is 2. The van der Waals surface area contributed by atoms with Crippen LogP contribution in [0.25, 0.3) is 0 Å². The minimum Gasteiger partial charge on any atom is -0.337 e. The maximum absolute atomic E-state index is 13.3. The van der Waals surface area contributed by atoms with Gasteiger partial charge in [0.05, 0.1) is 9.92 Å². The first kappa shape index (κ1) is 21.5. The van der Waals surface area contributed by atoms with Crippen LogP contribution >= 0.6 is 11.6 Å². The van der Waals surface area contributed by atoms with E-state index in [1.165, 1.54) is 12.1 Å². The summed E-state index contributed by atoms with van der Waals surface area (Å²) in [6, 6.07) is 9.77. The Morgan fingerprint density at radius 3 is 2.52 bits per heavy atom. The molecule has 0 spiro atoms. The van der Waals surface area contributed by atoms with Crippen molar-refractivity contribution >= 4 is 33.2 Å². The average molecular weight is 440 g/mol. The molecule has 1 atom stereocenters. The van der Waals surface area contributed by atoms with Crippen molar-refractivity contribution in [2.45, 2.75) is 23.8 Å². The molecule has 1 saturated heterocycles. The standard InChI is InChI=1S/C20H23ClFN3O3S/c1-24(2)16-4-3-11-25(13-16)20(26)14-5-7-15(8-6-14)23-29(27,28)17-9-10-19(22)18(21)12-17/h5-10,12,16,23H,3-4,11,13H2,1-2H3. The fourth-order valence-corrected chi connectivity index (χ4v) is 4.61. The van der Waals surface area contributed by atoms with Crippen molar-refractivity contribution in [1.29, 1.82) is 0 Å². The maximum Gasteiger partial charge on any atom is 0.261 e. The third-order valence-electron chi connectivity index (χ3n) is 5.00. The molecule has 0 aromatic heterocycles. The van der Waals surface area contributed by atoms with Crippen molar-refractivity contribution in [3.63, 3.8) is 0 Å². The van der Waals surface area contributed by atoms with Gasteiger partial charge < -0.3 is 9.80 Å². The van der Waals surface area contributed by atoms with Gasteiger partial charge in [-0.3, -0.25) is 9.52 Å². The summed E-state index contributed by atoms with van der Waals surface area (Å²) >= 11 is 5.67. The number of hydrogen-bond acceptors (Lipinski definition) is 4. The molecule has 0 bridgehead atoms. The minimum absolute atomic E-state index is 0.0729. The number of anilines is 1. The van der Waals surface area contributed by atoms with Crippen LogP contribution in [-0.2, 0) is 10.0 Å². The van der Waals surface area contributed by atoms with E-state index in [0.717, 1.165) is 31.0 Å². The number of amides is 1. The molecule has 2 aromatic rings. The van der Waals surface area contributed by atoms with E-state index in [1.54, 1.807) is 12.1 Å². The molecule has 1 amide bonds. The first-order valence-electron chi connectivity index (χ1n) is 9.21. The predicted octanol–water partition coefficient (Wildman–Crippen LogP) is 3.45. The normalized spacial score (nSPS) is 17.4. The zero-order valence-corrected chi connectivity index (χ0v) is 17.8. The van der Waals surface area contributed by atoms with Gasteiger partial charge in [-0.05, 0) is 69.4 Å². The quantitative estimate of drug-likeness (QED) is 0.774. The van der Waals surface area contributed by atoms with Gasteiger partial charge in [0.2, 0.25) is 0 Å². The highest BCUT2D eigenvalue weighted by Gasteiger charge is 2.25. The van der Waals surface area contributed by atoms with Gasteiger partial charge in [0.1, 0.15) is 5.82 Å². The highest BCUT2D eigenvalue weighted by Crippen LogP contribution is 2.23. The molecule has 0 aliphatic carbocycles. The van der Waals surface area contributed by atoms with Gasteiger partial charge >= 0.3 is 0 Å². The number of nitrogens with zero attached hydrogens (tertiary/aromatic N) is 2. The SMILES string of the molecule is CN(C)C1CCCN(C(=O)c2ccc(NS(=O)(=O)c3ccc(F)c(Cl)c3)cc2)C1. The molecular weight excluding hydrogens is 417 g/mol. The van der Waals surface area contributed by atoms with Crippen molar-refractivity contribution in [1.82, 2.24) is 9.80 Å². The summed E-state index contributed by atoms with van der Waals surface area (Å²) in [6.45, 7) is 1.38. The third kappa shape index (κ3) is 5.07. The highest BCUT2D eigenvalue weighted by atomic mass is 35.5. The maximum atomic E-state index is 13.3. The second-order valence-electron chi connectivity index (χ2n) is 7.27. The Morgan fingerprint density at radius 2 is 1.90 bits per heavy atom. The van der Waals surface area contributed by atoms with Gasteiger partial charge in [-0.1, -0.05) is 11.6 Å². The predicted molar refractivity (Wildman–Crippen MR) is 111 cm³/mol. The van der Waals surface area contributed by atoms with Crippen LogP contribution in [0.15, 0.2) is 47.4 Å². The molecule has 6 nitrogen and oxygen atoms in total. The molecule has 1 N–H and O–H groups in total. The first-order valence-corrected chi connectivity index (χ1v) is 11.1. The number of benzene rings is 2. The molecule has 156 valence electrons. The van der Waals surface area contributed by atoms with E-state index in [0.29, 0.717) is 30.4 Å². The molecule has 9 heteroatoms. The van der Waals surface area contributed by atoms with Gasteiger partial charge in [-0.15, -0.1) is 0 Å². The molecule has 3 rings (SSSR count). The summed E-state index contributed by atoms with van der Waals surface area (Å²) in [5, 5.41) is -0.272. The Balaban J connectivity index is 1.71. The average Bonchev–Trinajstić information content (AvgIpc) is 2.70. The number of sulfonamides is 1. The molecule has 1 heterocycles. The number of likely N-dealkylation sites (tertiary alicyclic amines) is 1. The fraction of sp³-hybridized carbons (Fsp3) is 0.350. The Labute approximate surface area is 175 Å². The van der Waals surface area contributed by atoms with E-state index in [1.807, 2.05) is 19.0 Å². The van der Waals surface area contributed by atoms with Crippen molar-refractivity contribution in [2.24, 2.45) is 0 Å². The van der Waals surface area contributed by atoms with E-state index >= 15 is 0 Å². The monoisotopic (exact) mass is 439 g/mol. The van der Waals surface area contributed by atoms with Crippen LogP contribution in [0.1, 0.15) is 23.2 Å². The van der Waals surface area contributed by atoms with Crippen LogP contribution in [0.2, 0.25) is 5.02 Å². The Bertz CT molecular complexity index is 997. The second-order valence-corrected chi connectivity index (χ2v) is 9.36. The zero-order chi connectivity index (χ0) is 21.2. The second kappa shape index (κ2) is 8.69. The fourth-order valence-electron chi connectivity index (χ4n) is 3.28. The lowest BCUT2D eigenvalue weighted by Crippen LogP contribution is -2.47. The molecule has 1 unspecified atom stereocenters. The lowest BCUT2D eigenvalue weighted by molar-refractivity contribution is 0.0635. The number of carbonyl (C=O) groups excluding carboxylic acids is 1. The topological polar surface area (TPSA) is 69.7 Å². The zero-order valence-electron chi connectivity index (χ0n) is 16.2. The Kier molecular flexibility index (Phi) is 6.45.